The Labute approximate surface area is 852 Å². The lowest BCUT2D eigenvalue weighted by Gasteiger charge is -2.14. The summed E-state index contributed by atoms with van der Waals surface area (Å²) < 4.78 is 0. The van der Waals surface area contributed by atoms with Gasteiger partial charge in [-0.2, -0.15) is 0 Å². The number of hydrogen-bond donors (Lipinski definition) is 0. The Morgan fingerprint density at radius 2 is 0.236 bits per heavy atom. The zero-order valence-electron chi connectivity index (χ0n) is 82.6. The maximum absolute atomic E-state index is 2.30. The van der Waals surface area contributed by atoms with Crippen molar-refractivity contribution < 1.29 is 0 Å². The smallest absolute Gasteiger partial charge is 0.00992 e. The molecule has 23 rings (SSSR count). The Morgan fingerprint density at radius 1 is 0.0764 bits per heavy atom. The monoisotopic (exact) mass is 1840 g/mol. The van der Waals surface area contributed by atoms with E-state index >= 15 is 0 Å². The second kappa shape index (κ2) is 48.1. The van der Waals surface area contributed by atoms with Crippen molar-refractivity contribution in [2.45, 2.75) is 41.5 Å². The zero-order chi connectivity index (χ0) is 98.4. The molecule has 0 bridgehead atoms. The SMILES string of the molecule is Cc1cc(-c2ccccc2)cc(-c2ccccc2)c1.Cc1ccc(-c2ccccc2-c2cccc(-c3ccccc3)c2)cc1.Cc1ccc(-c2ccccc2-c2ccccc2-c2ccccc2)cc1.Cc1ccc(-c2ccccc2-c2ccccc2-c2ccccc2)cc1.Cc1cccc(-c2ccccc2-c2cccc(-c3ccccc3)c2)c1.Cc1ccccc1-c1cccc(-c2ccccc2-c2ccccc2)c1. The van der Waals surface area contributed by atoms with Gasteiger partial charge in [0.05, 0.1) is 0 Å². The van der Waals surface area contributed by atoms with Gasteiger partial charge in [0.1, 0.15) is 0 Å². The molecule has 0 N–H and O–H groups in total. The minimum absolute atomic E-state index is 1.25. The quantitative estimate of drug-likeness (QED) is 0.0852. The summed E-state index contributed by atoms with van der Waals surface area (Å²) >= 11 is 0. The fourth-order valence-corrected chi connectivity index (χ4v) is 18.8. The standard InChI is InChI=1S/5C25H20.C19H16/c2*1-19-15-17-21(18-16-19)23-12-6-8-14-25(23)24-13-7-5-11-22(24)20-9-3-2-4-10-20;1-19-9-7-13-22(17-19)24-15-5-6-16-25(24)23-14-8-12-21(18-23)20-10-3-2-4-11-20;1-19-10-5-6-15-23(19)21-13-9-14-22(18-21)25-17-8-7-16-24(25)20-11-3-2-4-12-20;1-19-14-16-21(17-15-19)24-12-5-6-13-25(24)23-11-7-10-22(18-23)20-8-3-2-4-9-20;1-15-12-18(16-8-4-2-5-9-16)14-19(13-15)17-10-6-3-7-11-17/h5*2-18H,1H3;2-14H,1H3. The molecule has 0 heteroatoms. The van der Waals surface area contributed by atoms with E-state index < -0.39 is 0 Å². The maximum Gasteiger partial charge on any atom is -0.00992 e. The van der Waals surface area contributed by atoms with Gasteiger partial charge < -0.3 is 0 Å². The van der Waals surface area contributed by atoms with Gasteiger partial charge in [0, 0.05) is 0 Å². The van der Waals surface area contributed by atoms with Crippen molar-refractivity contribution in [3.8, 4) is 189 Å². The second-order valence-electron chi connectivity index (χ2n) is 36.5. The molecule has 0 aliphatic heterocycles. The van der Waals surface area contributed by atoms with Gasteiger partial charge in [-0.25, -0.2) is 0 Å². The molecule has 0 fully saturated rings. The van der Waals surface area contributed by atoms with Crippen molar-refractivity contribution in [1.29, 1.82) is 0 Å². The van der Waals surface area contributed by atoms with Gasteiger partial charge in [0.15, 0.2) is 0 Å². The zero-order valence-corrected chi connectivity index (χ0v) is 82.6. The van der Waals surface area contributed by atoms with Crippen LogP contribution in [0.3, 0.4) is 0 Å². The van der Waals surface area contributed by atoms with Crippen LogP contribution >= 0.6 is 0 Å². The summed E-state index contributed by atoms with van der Waals surface area (Å²) in [5.41, 5.74) is 50.6. The highest BCUT2D eigenvalue weighted by Crippen LogP contribution is 2.44. The van der Waals surface area contributed by atoms with Crippen LogP contribution < -0.4 is 0 Å². The van der Waals surface area contributed by atoms with Crippen molar-refractivity contribution in [2.24, 2.45) is 0 Å². The first kappa shape index (κ1) is 96.3. The number of benzene rings is 23. The highest BCUT2D eigenvalue weighted by Gasteiger charge is 2.18. The van der Waals surface area contributed by atoms with Crippen LogP contribution in [0.5, 0.6) is 0 Å². The summed E-state index contributed by atoms with van der Waals surface area (Å²) in [6.07, 6.45) is 0. The van der Waals surface area contributed by atoms with E-state index in [9.17, 15) is 0 Å². The van der Waals surface area contributed by atoms with E-state index in [-0.39, 0.29) is 0 Å². The molecular formula is C144H116. The molecule has 0 saturated heterocycles. The van der Waals surface area contributed by atoms with E-state index in [2.05, 4.69) is 636 Å². The molecule has 0 saturated carbocycles. The van der Waals surface area contributed by atoms with Crippen molar-refractivity contribution in [3.63, 3.8) is 0 Å². The van der Waals surface area contributed by atoms with E-state index in [1.165, 1.54) is 223 Å². The van der Waals surface area contributed by atoms with Crippen LogP contribution in [0, 0.1) is 41.5 Å². The van der Waals surface area contributed by atoms with Gasteiger partial charge in [0.2, 0.25) is 0 Å². The maximum atomic E-state index is 2.30. The van der Waals surface area contributed by atoms with E-state index in [0.29, 0.717) is 0 Å². The third-order valence-electron chi connectivity index (χ3n) is 26.2. The molecule has 0 spiro atoms. The van der Waals surface area contributed by atoms with E-state index in [4.69, 9.17) is 0 Å². The molecule has 0 nitrogen and oxygen atoms in total. The van der Waals surface area contributed by atoms with Gasteiger partial charge in [-0.05, 0) is 266 Å². The average Bonchev–Trinajstić information content (AvgIpc) is 0.791. The third-order valence-corrected chi connectivity index (χ3v) is 26.2. The van der Waals surface area contributed by atoms with Crippen LogP contribution in [0.4, 0.5) is 0 Å². The summed E-state index contributed by atoms with van der Waals surface area (Å²) in [6, 6.07) is 211. The molecule has 0 aromatic heterocycles. The summed E-state index contributed by atoms with van der Waals surface area (Å²) in [5.74, 6) is 0. The van der Waals surface area contributed by atoms with Crippen molar-refractivity contribution in [2.75, 3.05) is 0 Å². The largest absolute Gasteiger partial charge is 0.0622 e. The molecule has 0 heterocycles. The first-order valence-corrected chi connectivity index (χ1v) is 49.7. The molecule has 0 atom stereocenters. The molecule has 0 amide bonds. The number of aryl methyl sites for hydroxylation is 6. The van der Waals surface area contributed by atoms with Gasteiger partial charge in [-0.3, -0.25) is 0 Å². The van der Waals surface area contributed by atoms with Crippen LogP contribution in [0.15, 0.2) is 595 Å². The average molecular weight is 1850 g/mol. The lowest BCUT2D eigenvalue weighted by atomic mass is 9.89. The van der Waals surface area contributed by atoms with Crippen LogP contribution in [-0.2, 0) is 0 Å². The topological polar surface area (TPSA) is 0 Å². The summed E-state index contributed by atoms with van der Waals surface area (Å²) in [7, 11) is 0. The molecule has 0 radical (unpaired) electrons. The van der Waals surface area contributed by atoms with Crippen molar-refractivity contribution in [1.82, 2.24) is 0 Å². The van der Waals surface area contributed by atoms with E-state index in [1.807, 2.05) is 0 Å². The predicted octanol–water partition coefficient (Wildman–Crippen LogP) is 40.3. The van der Waals surface area contributed by atoms with Crippen LogP contribution in [-0.4, -0.2) is 0 Å². The molecule has 144 heavy (non-hydrogen) atoms. The van der Waals surface area contributed by atoms with Gasteiger partial charge in [0.25, 0.3) is 0 Å². The summed E-state index contributed by atoms with van der Waals surface area (Å²) in [4.78, 5) is 0. The first-order valence-electron chi connectivity index (χ1n) is 49.7. The predicted molar refractivity (Wildman–Crippen MR) is 619 cm³/mol. The van der Waals surface area contributed by atoms with E-state index in [0.717, 1.165) is 0 Å². The first-order chi connectivity index (χ1) is 70.9. The highest BCUT2D eigenvalue weighted by atomic mass is 14.2. The highest BCUT2D eigenvalue weighted by molar-refractivity contribution is 5.95. The Bertz CT molecular complexity index is 7850. The molecule has 0 aliphatic rings. The molecular weight excluding hydrogens is 1730 g/mol. The van der Waals surface area contributed by atoms with Crippen LogP contribution in [0.2, 0.25) is 0 Å². The Kier molecular flexibility index (Phi) is 32.2. The molecule has 23 aromatic carbocycles. The number of rotatable bonds is 17. The second-order valence-corrected chi connectivity index (χ2v) is 36.5. The van der Waals surface area contributed by atoms with Gasteiger partial charge in [-0.1, -0.05) is 592 Å². The summed E-state index contributed by atoms with van der Waals surface area (Å²) in [6.45, 7) is 12.8. The van der Waals surface area contributed by atoms with E-state index in [1.54, 1.807) is 0 Å². The fraction of sp³-hybridized carbons (Fsp3) is 0.0417. The molecule has 23 aromatic rings. The van der Waals surface area contributed by atoms with Gasteiger partial charge in [-0.15, -0.1) is 0 Å². The Balaban J connectivity index is 0.000000114. The van der Waals surface area contributed by atoms with Crippen molar-refractivity contribution in [3.05, 3.63) is 628 Å². The molecule has 692 valence electrons. The lowest BCUT2D eigenvalue weighted by molar-refractivity contribution is 1.46. The Morgan fingerprint density at radius 3 is 0.500 bits per heavy atom. The van der Waals surface area contributed by atoms with Crippen LogP contribution in [0.1, 0.15) is 33.4 Å². The molecule has 0 aliphatic carbocycles. The third kappa shape index (κ3) is 24.7. The normalized spacial score (nSPS) is 10.6. The lowest BCUT2D eigenvalue weighted by Crippen LogP contribution is -1.89. The number of hydrogen-bond acceptors (Lipinski definition) is 0. The van der Waals surface area contributed by atoms with Crippen LogP contribution in [0.25, 0.3) is 189 Å². The summed E-state index contributed by atoms with van der Waals surface area (Å²) in [5, 5.41) is 0. The van der Waals surface area contributed by atoms with Crippen molar-refractivity contribution >= 4 is 0 Å². The minimum atomic E-state index is 1.25. The Hall–Kier alpha value is -17.9. The fourth-order valence-electron chi connectivity index (χ4n) is 18.8. The minimum Gasteiger partial charge on any atom is -0.0622 e. The van der Waals surface area contributed by atoms with Gasteiger partial charge >= 0.3 is 0 Å². The molecule has 0 unspecified atom stereocenters.